The second-order valence-corrected chi connectivity index (χ2v) is 6.05. The zero-order valence-corrected chi connectivity index (χ0v) is 12.1. The molecule has 3 heteroatoms. The van der Waals surface area contributed by atoms with Crippen LogP contribution in [0.5, 0.6) is 0 Å². The SMILES string of the molecule is NCCCN(C(=O)C1CCCc2ccccc21)C1CC1. The minimum atomic E-state index is 0.0818. The number of nitrogens with zero attached hydrogens (tertiary/aromatic N) is 1. The van der Waals surface area contributed by atoms with Gasteiger partial charge >= 0.3 is 0 Å². The molecule has 0 spiro atoms. The van der Waals surface area contributed by atoms with Crippen LogP contribution < -0.4 is 5.73 Å². The van der Waals surface area contributed by atoms with Crippen LogP contribution in [0.25, 0.3) is 0 Å². The Kier molecular flexibility index (Phi) is 4.06. The second kappa shape index (κ2) is 5.96. The van der Waals surface area contributed by atoms with Crippen LogP contribution in [0.4, 0.5) is 0 Å². The van der Waals surface area contributed by atoms with E-state index < -0.39 is 0 Å². The second-order valence-electron chi connectivity index (χ2n) is 6.05. The van der Waals surface area contributed by atoms with Gasteiger partial charge in [0.1, 0.15) is 0 Å². The van der Waals surface area contributed by atoms with Crippen molar-refractivity contribution < 1.29 is 4.79 Å². The first kappa shape index (κ1) is 13.6. The van der Waals surface area contributed by atoms with Gasteiger partial charge in [-0.15, -0.1) is 0 Å². The number of fused-ring (bicyclic) bond motifs is 1. The van der Waals surface area contributed by atoms with Crippen molar-refractivity contribution in [1.82, 2.24) is 4.90 Å². The Bertz CT molecular complexity index is 482. The maximum absolute atomic E-state index is 12.9. The zero-order valence-electron chi connectivity index (χ0n) is 12.1. The first-order valence-corrected chi connectivity index (χ1v) is 7.89. The van der Waals surface area contributed by atoms with Gasteiger partial charge in [-0.05, 0) is 56.2 Å². The van der Waals surface area contributed by atoms with Crippen molar-refractivity contribution in [3.05, 3.63) is 35.4 Å². The summed E-state index contributed by atoms with van der Waals surface area (Å²) in [7, 11) is 0. The lowest BCUT2D eigenvalue weighted by Crippen LogP contribution is -2.39. The summed E-state index contributed by atoms with van der Waals surface area (Å²) in [5, 5.41) is 0. The molecule has 2 N–H and O–H groups in total. The van der Waals surface area contributed by atoms with Crippen LogP contribution >= 0.6 is 0 Å². The number of hydrogen-bond acceptors (Lipinski definition) is 2. The molecule has 2 aliphatic rings. The molecular weight excluding hydrogens is 248 g/mol. The molecule has 0 heterocycles. The fraction of sp³-hybridized carbons (Fsp3) is 0.588. The topological polar surface area (TPSA) is 46.3 Å². The molecule has 1 amide bonds. The van der Waals surface area contributed by atoms with Gasteiger partial charge in [0, 0.05) is 12.6 Å². The van der Waals surface area contributed by atoms with Crippen LogP contribution in [-0.2, 0) is 11.2 Å². The monoisotopic (exact) mass is 272 g/mol. The van der Waals surface area contributed by atoms with Crippen LogP contribution in [-0.4, -0.2) is 29.9 Å². The molecule has 0 bridgehead atoms. The van der Waals surface area contributed by atoms with Crippen molar-refractivity contribution in [3.63, 3.8) is 0 Å². The summed E-state index contributed by atoms with van der Waals surface area (Å²) in [4.78, 5) is 15.0. The van der Waals surface area contributed by atoms with E-state index in [1.54, 1.807) is 0 Å². The third kappa shape index (κ3) is 2.73. The van der Waals surface area contributed by atoms with Gasteiger partial charge in [-0.3, -0.25) is 4.79 Å². The molecule has 0 saturated heterocycles. The molecule has 0 aromatic heterocycles. The minimum absolute atomic E-state index is 0.0818. The number of carbonyl (C=O) groups excluding carboxylic acids is 1. The molecule has 1 fully saturated rings. The van der Waals surface area contributed by atoms with E-state index in [0.29, 0.717) is 18.5 Å². The van der Waals surface area contributed by atoms with Gasteiger partial charge < -0.3 is 10.6 Å². The molecule has 3 rings (SSSR count). The van der Waals surface area contributed by atoms with Gasteiger partial charge in [-0.1, -0.05) is 24.3 Å². The molecule has 1 unspecified atom stereocenters. The molecule has 3 nitrogen and oxygen atoms in total. The van der Waals surface area contributed by atoms with Gasteiger partial charge in [0.05, 0.1) is 5.92 Å². The van der Waals surface area contributed by atoms with E-state index in [0.717, 1.165) is 32.2 Å². The van der Waals surface area contributed by atoms with E-state index >= 15 is 0 Å². The first-order valence-electron chi connectivity index (χ1n) is 7.89. The van der Waals surface area contributed by atoms with Gasteiger partial charge in [0.2, 0.25) is 5.91 Å². The Morgan fingerprint density at radius 3 is 2.80 bits per heavy atom. The van der Waals surface area contributed by atoms with Crippen LogP contribution in [0.15, 0.2) is 24.3 Å². The standard InChI is InChI=1S/C17H24N2O/c18-11-4-12-19(14-9-10-14)17(20)16-8-3-6-13-5-1-2-7-15(13)16/h1-2,5,7,14,16H,3-4,6,8-12,18H2. The van der Waals surface area contributed by atoms with E-state index in [4.69, 9.17) is 5.73 Å². The summed E-state index contributed by atoms with van der Waals surface area (Å²) in [6, 6.07) is 8.95. The van der Waals surface area contributed by atoms with Crippen LogP contribution in [0.3, 0.4) is 0 Å². The normalized spacial score (nSPS) is 21.4. The lowest BCUT2D eigenvalue weighted by Gasteiger charge is -2.31. The van der Waals surface area contributed by atoms with E-state index in [2.05, 4.69) is 29.2 Å². The van der Waals surface area contributed by atoms with Crippen LogP contribution in [0.2, 0.25) is 0 Å². The number of rotatable bonds is 5. The molecule has 0 aliphatic heterocycles. The maximum Gasteiger partial charge on any atom is 0.230 e. The number of aryl methyl sites for hydroxylation is 1. The highest BCUT2D eigenvalue weighted by atomic mass is 16.2. The molecule has 0 radical (unpaired) electrons. The molecule has 1 aromatic carbocycles. The Morgan fingerprint density at radius 1 is 1.25 bits per heavy atom. The number of benzene rings is 1. The molecule has 1 saturated carbocycles. The molecular formula is C17H24N2O. The van der Waals surface area contributed by atoms with E-state index in [9.17, 15) is 4.79 Å². The number of nitrogens with two attached hydrogens (primary N) is 1. The van der Waals surface area contributed by atoms with Crippen molar-refractivity contribution in [2.45, 2.75) is 50.5 Å². The number of carbonyl (C=O) groups is 1. The van der Waals surface area contributed by atoms with Crippen LogP contribution in [0.1, 0.15) is 49.1 Å². The molecule has 108 valence electrons. The van der Waals surface area contributed by atoms with Gasteiger partial charge in [-0.2, -0.15) is 0 Å². The summed E-state index contributed by atoms with van der Waals surface area (Å²) in [5.74, 6) is 0.423. The van der Waals surface area contributed by atoms with Gasteiger partial charge in [0.15, 0.2) is 0 Å². The van der Waals surface area contributed by atoms with Crippen molar-refractivity contribution in [2.75, 3.05) is 13.1 Å². The summed E-state index contributed by atoms with van der Waals surface area (Å²) in [6.07, 6.45) is 6.50. The summed E-state index contributed by atoms with van der Waals surface area (Å²) < 4.78 is 0. The fourth-order valence-corrected chi connectivity index (χ4v) is 3.33. The summed E-state index contributed by atoms with van der Waals surface area (Å²) in [6.45, 7) is 1.50. The Balaban J connectivity index is 1.79. The van der Waals surface area contributed by atoms with Crippen molar-refractivity contribution >= 4 is 5.91 Å². The van der Waals surface area contributed by atoms with E-state index in [1.165, 1.54) is 24.0 Å². The number of hydrogen-bond donors (Lipinski definition) is 1. The Labute approximate surface area is 121 Å². The minimum Gasteiger partial charge on any atom is -0.339 e. The lowest BCUT2D eigenvalue weighted by molar-refractivity contribution is -0.133. The van der Waals surface area contributed by atoms with E-state index in [1.807, 2.05) is 0 Å². The zero-order chi connectivity index (χ0) is 13.9. The Hall–Kier alpha value is -1.35. The Morgan fingerprint density at radius 2 is 2.05 bits per heavy atom. The average molecular weight is 272 g/mol. The highest BCUT2D eigenvalue weighted by Crippen LogP contribution is 2.36. The largest absolute Gasteiger partial charge is 0.339 e. The molecule has 1 aromatic rings. The molecule has 2 aliphatic carbocycles. The quantitative estimate of drug-likeness (QED) is 0.895. The molecule has 20 heavy (non-hydrogen) atoms. The predicted molar refractivity (Wildman–Crippen MR) is 80.5 cm³/mol. The van der Waals surface area contributed by atoms with Crippen molar-refractivity contribution in [2.24, 2.45) is 5.73 Å². The first-order chi connectivity index (χ1) is 9.81. The van der Waals surface area contributed by atoms with Gasteiger partial charge in [0.25, 0.3) is 0 Å². The van der Waals surface area contributed by atoms with Crippen molar-refractivity contribution in [1.29, 1.82) is 0 Å². The predicted octanol–water partition coefficient (Wildman–Crippen LogP) is 2.45. The van der Waals surface area contributed by atoms with Gasteiger partial charge in [-0.25, -0.2) is 0 Å². The average Bonchev–Trinajstić information content (AvgIpc) is 3.31. The maximum atomic E-state index is 12.9. The third-order valence-electron chi connectivity index (χ3n) is 4.54. The highest BCUT2D eigenvalue weighted by Gasteiger charge is 2.37. The third-order valence-corrected chi connectivity index (χ3v) is 4.54. The summed E-state index contributed by atoms with van der Waals surface area (Å²) in [5.41, 5.74) is 8.25. The van der Waals surface area contributed by atoms with Crippen molar-refractivity contribution in [3.8, 4) is 0 Å². The highest BCUT2D eigenvalue weighted by molar-refractivity contribution is 5.85. The van der Waals surface area contributed by atoms with E-state index in [-0.39, 0.29) is 5.92 Å². The number of amides is 1. The fourth-order valence-electron chi connectivity index (χ4n) is 3.33. The lowest BCUT2D eigenvalue weighted by atomic mass is 9.82. The van der Waals surface area contributed by atoms with Crippen LogP contribution in [0, 0.1) is 0 Å². The summed E-state index contributed by atoms with van der Waals surface area (Å²) >= 11 is 0. The molecule has 1 atom stereocenters. The smallest absolute Gasteiger partial charge is 0.230 e.